The summed E-state index contributed by atoms with van der Waals surface area (Å²) in [7, 11) is 0. The van der Waals surface area contributed by atoms with E-state index in [1.165, 1.54) is 21.7 Å². The van der Waals surface area contributed by atoms with Crippen molar-refractivity contribution in [1.29, 1.82) is 0 Å². The molecule has 0 saturated carbocycles. The normalized spacial score (nSPS) is 11.8. The van der Waals surface area contributed by atoms with Crippen molar-refractivity contribution in [1.82, 2.24) is 10.3 Å². The Hall–Kier alpha value is -1.19. The van der Waals surface area contributed by atoms with Crippen LogP contribution in [0.5, 0.6) is 0 Å². The lowest BCUT2D eigenvalue weighted by atomic mass is 10.0. The monoisotopic (exact) mass is 288 g/mol. The second-order valence-electron chi connectivity index (χ2n) is 6.37. The fourth-order valence-electron chi connectivity index (χ4n) is 2.19. The number of hydrogen-bond acceptors (Lipinski definition) is 3. The highest BCUT2D eigenvalue weighted by Gasteiger charge is 2.10. The highest BCUT2D eigenvalue weighted by atomic mass is 32.1. The Balaban J connectivity index is 2.05. The quantitative estimate of drug-likeness (QED) is 0.904. The molecule has 0 radical (unpaired) electrons. The van der Waals surface area contributed by atoms with Gasteiger partial charge in [-0.3, -0.25) is 0 Å². The summed E-state index contributed by atoms with van der Waals surface area (Å²) in [6, 6.07) is 6.55. The van der Waals surface area contributed by atoms with Crippen molar-refractivity contribution in [3.8, 4) is 11.3 Å². The van der Waals surface area contributed by atoms with Gasteiger partial charge in [-0.05, 0) is 40.2 Å². The van der Waals surface area contributed by atoms with Gasteiger partial charge in [-0.25, -0.2) is 4.98 Å². The fraction of sp³-hybridized carbons (Fsp3) is 0.471. The number of aryl methyl sites for hydroxylation is 2. The van der Waals surface area contributed by atoms with Crippen molar-refractivity contribution in [2.75, 3.05) is 6.54 Å². The van der Waals surface area contributed by atoms with E-state index in [1.807, 2.05) is 0 Å². The lowest BCUT2D eigenvalue weighted by molar-refractivity contribution is 0.429. The topological polar surface area (TPSA) is 24.9 Å². The first kappa shape index (κ1) is 15.2. The molecule has 0 aliphatic carbocycles. The molecule has 0 bridgehead atoms. The van der Waals surface area contributed by atoms with Crippen LogP contribution in [0.1, 0.15) is 36.9 Å². The molecule has 1 aromatic carbocycles. The number of aromatic nitrogens is 1. The molecule has 1 aromatic heterocycles. The van der Waals surface area contributed by atoms with Crippen LogP contribution in [-0.2, 0) is 6.42 Å². The molecular formula is C17H24N2S. The first-order chi connectivity index (χ1) is 9.35. The third kappa shape index (κ3) is 4.15. The van der Waals surface area contributed by atoms with Gasteiger partial charge in [0.1, 0.15) is 0 Å². The van der Waals surface area contributed by atoms with Crippen molar-refractivity contribution in [3.05, 3.63) is 39.7 Å². The Kier molecular flexibility index (Phi) is 4.61. The molecule has 0 unspecified atom stereocenters. The number of hydrogen-bond donors (Lipinski definition) is 1. The Labute approximate surface area is 126 Å². The highest BCUT2D eigenvalue weighted by molar-refractivity contribution is 7.09. The number of benzene rings is 1. The first-order valence-corrected chi connectivity index (χ1v) is 8.00. The maximum atomic E-state index is 4.77. The summed E-state index contributed by atoms with van der Waals surface area (Å²) in [6.45, 7) is 11.8. The maximum absolute atomic E-state index is 4.77. The van der Waals surface area contributed by atoms with E-state index in [1.54, 1.807) is 11.3 Å². The summed E-state index contributed by atoms with van der Waals surface area (Å²) in [6.07, 6.45) is 0.993. The molecule has 0 spiro atoms. The maximum Gasteiger partial charge on any atom is 0.0945 e. The zero-order chi connectivity index (χ0) is 14.8. The predicted octanol–water partition coefficient (Wildman–Crippen LogP) is 4.36. The van der Waals surface area contributed by atoms with E-state index in [-0.39, 0.29) is 5.54 Å². The van der Waals surface area contributed by atoms with Gasteiger partial charge in [0.25, 0.3) is 0 Å². The Bertz CT molecular complexity index is 579. The van der Waals surface area contributed by atoms with E-state index in [9.17, 15) is 0 Å². The standard InChI is InChI=1S/C17H24N2S/c1-12-6-7-14(13(2)10-12)15-11-20-16(19-15)8-9-18-17(3,4)5/h6-7,10-11,18H,8-9H2,1-5H3. The van der Waals surface area contributed by atoms with Gasteiger partial charge in [0.15, 0.2) is 0 Å². The SMILES string of the molecule is Cc1ccc(-c2csc(CCNC(C)(C)C)n2)c(C)c1. The van der Waals surface area contributed by atoms with E-state index in [0.29, 0.717) is 0 Å². The zero-order valence-electron chi connectivity index (χ0n) is 13.1. The van der Waals surface area contributed by atoms with Gasteiger partial charge in [0.05, 0.1) is 10.7 Å². The minimum Gasteiger partial charge on any atom is -0.312 e. The van der Waals surface area contributed by atoms with Gasteiger partial charge in [-0.15, -0.1) is 11.3 Å². The zero-order valence-corrected chi connectivity index (χ0v) is 13.9. The van der Waals surface area contributed by atoms with E-state index in [0.717, 1.165) is 18.7 Å². The van der Waals surface area contributed by atoms with Crippen LogP contribution in [0.4, 0.5) is 0 Å². The average Bonchev–Trinajstić information content (AvgIpc) is 2.75. The summed E-state index contributed by atoms with van der Waals surface area (Å²) in [5.41, 5.74) is 5.14. The van der Waals surface area contributed by atoms with Crippen LogP contribution < -0.4 is 5.32 Å². The van der Waals surface area contributed by atoms with Crippen LogP contribution in [0.3, 0.4) is 0 Å². The largest absolute Gasteiger partial charge is 0.312 e. The first-order valence-electron chi connectivity index (χ1n) is 7.12. The number of rotatable bonds is 4. The lowest BCUT2D eigenvalue weighted by Gasteiger charge is -2.19. The van der Waals surface area contributed by atoms with Crippen LogP contribution in [0.25, 0.3) is 11.3 Å². The molecule has 3 heteroatoms. The average molecular weight is 288 g/mol. The Morgan fingerprint density at radius 2 is 1.95 bits per heavy atom. The summed E-state index contributed by atoms with van der Waals surface area (Å²) in [5, 5.41) is 6.88. The van der Waals surface area contributed by atoms with Crippen LogP contribution >= 0.6 is 11.3 Å². The molecular weight excluding hydrogens is 264 g/mol. The van der Waals surface area contributed by atoms with E-state index in [2.05, 4.69) is 63.5 Å². The molecule has 1 N–H and O–H groups in total. The summed E-state index contributed by atoms with van der Waals surface area (Å²) >= 11 is 1.76. The van der Waals surface area contributed by atoms with Gasteiger partial charge < -0.3 is 5.32 Å². The second-order valence-corrected chi connectivity index (χ2v) is 7.31. The number of thiazole rings is 1. The Morgan fingerprint density at radius 3 is 2.60 bits per heavy atom. The summed E-state index contributed by atoms with van der Waals surface area (Å²) < 4.78 is 0. The molecule has 0 amide bonds. The molecule has 20 heavy (non-hydrogen) atoms. The minimum atomic E-state index is 0.174. The fourth-order valence-corrected chi connectivity index (χ4v) is 2.99. The van der Waals surface area contributed by atoms with E-state index in [4.69, 9.17) is 4.98 Å². The van der Waals surface area contributed by atoms with E-state index >= 15 is 0 Å². The molecule has 0 saturated heterocycles. The summed E-state index contributed by atoms with van der Waals surface area (Å²) in [5.74, 6) is 0. The van der Waals surface area contributed by atoms with Crippen LogP contribution in [0, 0.1) is 13.8 Å². The molecule has 1 heterocycles. The van der Waals surface area contributed by atoms with Gasteiger partial charge >= 0.3 is 0 Å². The minimum absolute atomic E-state index is 0.174. The van der Waals surface area contributed by atoms with Crippen molar-refractivity contribution in [2.45, 2.75) is 46.6 Å². The molecule has 0 atom stereocenters. The molecule has 0 aliphatic heterocycles. The van der Waals surface area contributed by atoms with Crippen LogP contribution in [0.2, 0.25) is 0 Å². The molecule has 0 aliphatic rings. The van der Waals surface area contributed by atoms with E-state index < -0.39 is 0 Å². The predicted molar refractivity (Wildman–Crippen MR) is 88.5 cm³/mol. The molecule has 2 nitrogen and oxygen atoms in total. The van der Waals surface area contributed by atoms with Gasteiger partial charge in [0, 0.05) is 29.4 Å². The third-order valence-electron chi connectivity index (χ3n) is 3.20. The molecule has 0 fully saturated rings. The van der Waals surface area contributed by atoms with Gasteiger partial charge in [-0.1, -0.05) is 23.8 Å². The van der Waals surface area contributed by atoms with Crippen LogP contribution in [-0.4, -0.2) is 17.1 Å². The van der Waals surface area contributed by atoms with Gasteiger partial charge in [-0.2, -0.15) is 0 Å². The number of nitrogens with zero attached hydrogens (tertiary/aromatic N) is 1. The van der Waals surface area contributed by atoms with Crippen molar-refractivity contribution >= 4 is 11.3 Å². The highest BCUT2D eigenvalue weighted by Crippen LogP contribution is 2.26. The van der Waals surface area contributed by atoms with Crippen molar-refractivity contribution < 1.29 is 0 Å². The van der Waals surface area contributed by atoms with Crippen molar-refractivity contribution in [3.63, 3.8) is 0 Å². The van der Waals surface area contributed by atoms with Crippen molar-refractivity contribution in [2.24, 2.45) is 0 Å². The number of nitrogens with one attached hydrogen (secondary N) is 1. The smallest absolute Gasteiger partial charge is 0.0945 e. The molecule has 2 aromatic rings. The molecule has 108 valence electrons. The molecule has 2 rings (SSSR count). The summed E-state index contributed by atoms with van der Waals surface area (Å²) in [4.78, 5) is 4.77. The Morgan fingerprint density at radius 1 is 1.20 bits per heavy atom. The van der Waals surface area contributed by atoms with Crippen LogP contribution in [0.15, 0.2) is 23.6 Å². The third-order valence-corrected chi connectivity index (χ3v) is 4.11. The van der Waals surface area contributed by atoms with Gasteiger partial charge in [0.2, 0.25) is 0 Å². The lowest BCUT2D eigenvalue weighted by Crippen LogP contribution is -2.37. The second kappa shape index (κ2) is 6.06.